The van der Waals surface area contributed by atoms with E-state index < -0.39 is 11.2 Å². The predicted octanol–water partition coefficient (Wildman–Crippen LogP) is 2.72. The average Bonchev–Trinajstić information content (AvgIpc) is 2.85. The van der Waals surface area contributed by atoms with Crippen molar-refractivity contribution in [2.45, 2.75) is 43.3 Å². The molecule has 3 aliphatic rings. The zero-order valence-corrected chi connectivity index (χ0v) is 19.3. The lowest BCUT2D eigenvalue weighted by Gasteiger charge is -2.46. The van der Waals surface area contributed by atoms with Crippen molar-refractivity contribution in [1.82, 2.24) is 20.2 Å². The third-order valence-electron chi connectivity index (χ3n) is 7.13. The maximum Gasteiger partial charge on any atom is 0.254 e. The van der Waals surface area contributed by atoms with Crippen molar-refractivity contribution in [3.05, 3.63) is 47.8 Å². The highest BCUT2D eigenvalue weighted by atomic mass is 35.5. The molecule has 0 unspecified atom stereocenters. The van der Waals surface area contributed by atoms with Crippen molar-refractivity contribution in [2.75, 3.05) is 39.9 Å². The average molecular weight is 459 g/mol. The van der Waals surface area contributed by atoms with E-state index >= 15 is 0 Å². The topological polar surface area (TPSA) is 76.6 Å². The summed E-state index contributed by atoms with van der Waals surface area (Å²) >= 11 is 0. The van der Waals surface area contributed by atoms with Crippen molar-refractivity contribution in [3.8, 4) is 11.4 Å². The Hall–Kier alpha value is -2.06. The van der Waals surface area contributed by atoms with Gasteiger partial charge in [0.15, 0.2) is 5.82 Å². The number of halogens is 1. The maximum absolute atomic E-state index is 13.4. The van der Waals surface area contributed by atoms with Crippen LogP contribution in [-0.4, -0.2) is 66.3 Å². The number of carbonyl (C=O) groups excluding carboxylic acids is 1. The second kappa shape index (κ2) is 9.43. The predicted molar refractivity (Wildman–Crippen MR) is 124 cm³/mol. The number of fused-ring (bicyclic) bond motifs is 2. The zero-order chi connectivity index (χ0) is 21.3. The van der Waals surface area contributed by atoms with Gasteiger partial charge in [-0.05, 0) is 50.8 Å². The Labute approximate surface area is 195 Å². The number of methoxy groups -OCH3 is 1. The summed E-state index contributed by atoms with van der Waals surface area (Å²) in [5, 5.41) is 3.32. The van der Waals surface area contributed by atoms with Crippen LogP contribution in [0.25, 0.3) is 11.4 Å². The number of nitrogens with zero attached hydrogens (tertiary/aromatic N) is 3. The van der Waals surface area contributed by atoms with Crippen molar-refractivity contribution < 1.29 is 14.3 Å². The summed E-state index contributed by atoms with van der Waals surface area (Å²) in [6, 6.07) is 10.1. The number of nitrogens with one attached hydrogen (secondary N) is 1. The fourth-order valence-corrected chi connectivity index (χ4v) is 5.21. The first-order chi connectivity index (χ1) is 15.2. The summed E-state index contributed by atoms with van der Waals surface area (Å²) in [6.45, 7) is 3.60. The van der Waals surface area contributed by atoms with Crippen LogP contribution in [0.4, 0.5) is 0 Å². The van der Waals surface area contributed by atoms with E-state index in [0.29, 0.717) is 19.7 Å². The van der Waals surface area contributed by atoms with Crippen molar-refractivity contribution in [3.63, 3.8) is 0 Å². The lowest BCUT2D eigenvalue weighted by Crippen LogP contribution is -2.58. The number of aromatic nitrogens is 2. The molecule has 4 heterocycles. The second-order valence-electron chi connectivity index (χ2n) is 8.77. The monoisotopic (exact) mass is 458 g/mol. The quantitative estimate of drug-likeness (QED) is 0.762. The standard InChI is InChI=1S/C24H30N4O3.ClH/c1-30-24(8-12-25-13-9-24)22(29)28-14-10-23(11-15-28)20-19(7-16-31-23)17-26-21(27-20)18-5-3-2-4-6-18;/h2-6,17,25H,7-16H2,1H3;1H. The van der Waals surface area contributed by atoms with Gasteiger partial charge in [0.2, 0.25) is 0 Å². The molecule has 32 heavy (non-hydrogen) atoms. The van der Waals surface area contributed by atoms with E-state index in [1.165, 1.54) is 0 Å². The first kappa shape index (κ1) is 23.1. The molecule has 0 bridgehead atoms. The largest absolute Gasteiger partial charge is 0.368 e. The molecular formula is C24H31ClN4O3. The van der Waals surface area contributed by atoms with E-state index in [9.17, 15) is 4.79 Å². The number of likely N-dealkylation sites (tertiary alicyclic amines) is 1. The minimum atomic E-state index is -0.691. The van der Waals surface area contributed by atoms with Gasteiger partial charge in [-0.25, -0.2) is 9.97 Å². The van der Waals surface area contributed by atoms with Crippen LogP contribution in [-0.2, 0) is 26.3 Å². The molecule has 0 saturated carbocycles. The summed E-state index contributed by atoms with van der Waals surface area (Å²) in [7, 11) is 1.66. The van der Waals surface area contributed by atoms with Gasteiger partial charge in [-0.2, -0.15) is 0 Å². The van der Waals surface area contributed by atoms with Crippen LogP contribution >= 0.6 is 12.4 Å². The summed E-state index contributed by atoms with van der Waals surface area (Å²) in [4.78, 5) is 24.9. The normalized spacial score (nSPS) is 21.5. The molecule has 1 spiro atoms. The van der Waals surface area contributed by atoms with Gasteiger partial charge < -0.3 is 19.7 Å². The van der Waals surface area contributed by atoms with E-state index in [1.54, 1.807) is 7.11 Å². The Kier molecular flexibility index (Phi) is 6.81. The summed E-state index contributed by atoms with van der Waals surface area (Å²) in [5.41, 5.74) is 2.04. The molecule has 8 heteroatoms. The highest BCUT2D eigenvalue weighted by Crippen LogP contribution is 2.41. The summed E-state index contributed by atoms with van der Waals surface area (Å²) < 4.78 is 12.1. The Balaban J connectivity index is 0.00000245. The van der Waals surface area contributed by atoms with E-state index in [1.807, 2.05) is 41.4 Å². The van der Waals surface area contributed by atoms with Crippen LogP contribution in [0, 0.1) is 0 Å². The van der Waals surface area contributed by atoms with Crippen LogP contribution in [0.3, 0.4) is 0 Å². The highest BCUT2D eigenvalue weighted by molar-refractivity contribution is 5.86. The molecule has 2 aromatic rings. The Bertz CT molecular complexity index is 942. The van der Waals surface area contributed by atoms with Crippen molar-refractivity contribution >= 4 is 18.3 Å². The van der Waals surface area contributed by atoms with Crippen LogP contribution < -0.4 is 5.32 Å². The SMILES string of the molecule is COC1(C(=O)N2CCC3(CC2)OCCc2cnc(-c4ccccc4)nc23)CCNCC1.Cl. The number of hydrogen-bond acceptors (Lipinski definition) is 6. The van der Waals surface area contributed by atoms with Crippen LogP contribution in [0.2, 0.25) is 0 Å². The maximum atomic E-state index is 13.4. The number of hydrogen-bond donors (Lipinski definition) is 1. The molecule has 1 N–H and O–H groups in total. The van der Waals surface area contributed by atoms with Crippen molar-refractivity contribution in [2.24, 2.45) is 0 Å². The minimum Gasteiger partial charge on any atom is -0.368 e. The van der Waals surface area contributed by atoms with Crippen LogP contribution in [0.1, 0.15) is 36.9 Å². The van der Waals surface area contributed by atoms with Gasteiger partial charge in [0.1, 0.15) is 11.2 Å². The summed E-state index contributed by atoms with van der Waals surface area (Å²) in [5.74, 6) is 0.853. The number of amides is 1. The van der Waals surface area contributed by atoms with Gasteiger partial charge in [-0.1, -0.05) is 30.3 Å². The van der Waals surface area contributed by atoms with Crippen LogP contribution in [0.15, 0.2) is 36.5 Å². The fourth-order valence-electron chi connectivity index (χ4n) is 5.21. The number of rotatable bonds is 3. The fraction of sp³-hybridized carbons (Fsp3) is 0.542. The van der Waals surface area contributed by atoms with E-state index in [2.05, 4.69) is 10.3 Å². The number of benzene rings is 1. The first-order valence-electron chi connectivity index (χ1n) is 11.3. The third-order valence-corrected chi connectivity index (χ3v) is 7.13. The number of ether oxygens (including phenoxy) is 2. The Morgan fingerprint density at radius 1 is 1.12 bits per heavy atom. The van der Waals surface area contributed by atoms with Crippen LogP contribution in [0.5, 0.6) is 0 Å². The Morgan fingerprint density at radius 2 is 1.84 bits per heavy atom. The smallest absolute Gasteiger partial charge is 0.254 e. The number of carbonyl (C=O) groups is 1. The lowest BCUT2D eigenvalue weighted by atomic mass is 9.82. The van der Waals surface area contributed by atoms with Gasteiger partial charge in [-0.15, -0.1) is 12.4 Å². The van der Waals surface area contributed by atoms with Gasteiger partial charge >= 0.3 is 0 Å². The molecule has 1 aromatic carbocycles. The van der Waals surface area contributed by atoms with E-state index in [-0.39, 0.29) is 18.3 Å². The minimum absolute atomic E-state index is 0. The molecule has 1 aromatic heterocycles. The Morgan fingerprint density at radius 3 is 2.53 bits per heavy atom. The molecule has 2 saturated heterocycles. The molecule has 2 fully saturated rings. The van der Waals surface area contributed by atoms with Gasteiger partial charge in [0.25, 0.3) is 5.91 Å². The molecule has 0 radical (unpaired) electrons. The molecule has 0 aliphatic carbocycles. The molecular weight excluding hydrogens is 428 g/mol. The molecule has 3 aliphatic heterocycles. The molecule has 7 nitrogen and oxygen atoms in total. The van der Waals surface area contributed by atoms with E-state index in [4.69, 9.17) is 14.5 Å². The highest BCUT2D eigenvalue weighted by Gasteiger charge is 2.47. The lowest BCUT2D eigenvalue weighted by molar-refractivity contribution is -0.165. The second-order valence-corrected chi connectivity index (χ2v) is 8.77. The van der Waals surface area contributed by atoms with Gasteiger partial charge in [0.05, 0.1) is 12.3 Å². The third kappa shape index (κ3) is 4.03. The molecule has 1 amide bonds. The van der Waals surface area contributed by atoms with Gasteiger partial charge in [0, 0.05) is 32.0 Å². The molecule has 0 atom stereocenters. The molecule has 5 rings (SSSR count). The van der Waals surface area contributed by atoms with E-state index in [0.717, 1.165) is 67.8 Å². The first-order valence-corrected chi connectivity index (χ1v) is 11.3. The summed E-state index contributed by atoms with van der Waals surface area (Å²) in [6.07, 6.45) is 5.72. The number of piperidine rings is 2. The molecule has 172 valence electrons. The zero-order valence-electron chi connectivity index (χ0n) is 18.5. The van der Waals surface area contributed by atoms with Gasteiger partial charge in [-0.3, -0.25) is 4.79 Å². The van der Waals surface area contributed by atoms with Crippen molar-refractivity contribution in [1.29, 1.82) is 0 Å².